The minimum Gasteiger partial charge on any atom is -0.363 e. The molecule has 0 aromatic carbocycles. The Balaban J connectivity index is 1.53. The molecular formula is C30H51N6O7S+. The maximum atomic E-state index is 14.2. The molecule has 7 unspecified atom stereocenters. The third-order valence-electron chi connectivity index (χ3n) is 10.4. The van der Waals surface area contributed by atoms with E-state index in [9.17, 15) is 32.4 Å². The number of fused-ring (bicyclic) bond motifs is 1. The number of amides is 5. The molecule has 3 heterocycles. The lowest BCUT2D eigenvalue weighted by Crippen LogP contribution is -2.63. The van der Waals surface area contributed by atoms with Crippen molar-refractivity contribution in [2.45, 2.75) is 115 Å². The number of likely N-dealkylation sites (N-methyl/N-ethyl adjacent to an activating group) is 1. The summed E-state index contributed by atoms with van der Waals surface area (Å²) in [6.45, 7) is 9.42. The highest BCUT2D eigenvalue weighted by Crippen LogP contribution is 2.46. The first kappa shape index (κ1) is 34.1. The highest BCUT2D eigenvalue weighted by Gasteiger charge is 2.73. The van der Waals surface area contributed by atoms with Gasteiger partial charge in [0.15, 0.2) is 28.0 Å². The Bertz CT molecular complexity index is 1290. The number of primary amides is 1. The average Bonchev–Trinajstić information content (AvgIpc) is 3.19. The minimum atomic E-state index is -3.34. The summed E-state index contributed by atoms with van der Waals surface area (Å²) in [5.74, 6) is -2.76. The van der Waals surface area contributed by atoms with E-state index in [0.717, 1.165) is 19.3 Å². The second-order valence-corrected chi connectivity index (χ2v) is 17.5. The zero-order chi connectivity index (χ0) is 32.9. The number of rotatable bonds is 11. The van der Waals surface area contributed by atoms with E-state index in [2.05, 4.69) is 16.0 Å². The number of sulfone groups is 1. The number of nitrogens with two attached hydrogens (primary N) is 1. The molecule has 0 bridgehead atoms. The van der Waals surface area contributed by atoms with Crippen LogP contribution in [-0.4, -0.2) is 115 Å². The van der Waals surface area contributed by atoms with E-state index in [4.69, 9.17) is 5.73 Å². The number of Topliss-reactive ketones (excluding diaryl/α,β-unsaturated/α-hetero) is 1. The van der Waals surface area contributed by atoms with Gasteiger partial charge < -0.3 is 31.1 Å². The van der Waals surface area contributed by atoms with Crippen molar-refractivity contribution in [3.05, 3.63) is 0 Å². The summed E-state index contributed by atoms with van der Waals surface area (Å²) in [6.07, 6.45) is 4.18. The largest absolute Gasteiger partial charge is 0.363 e. The summed E-state index contributed by atoms with van der Waals surface area (Å²) in [5.41, 5.74) is 4.55. The van der Waals surface area contributed by atoms with Crippen molar-refractivity contribution >= 4 is 39.4 Å². The van der Waals surface area contributed by atoms with Crippen molar-refractivity contribution < 1.29 is 36.9 Å². The number of ketones is 1. The Kier molecular flexibility index (Phi) is 9.48. The van der Waals surface area contributed by atoms with Gasteiger partial charge in [-0.15, -0.1) is 0 Å². The molecular weight excluding hydrogens is 588 g/mol. The second kappa shape index (κ2) is 12.2. The fourth-order valence-corrected chi connectivity index (χ4v) is 9.60. The number of nitrogens with one attached hydrogen (secondary N) is 3. The maximum Gasteiger partial charge on any atom is 0.315 e. The van der Waals surface area contributed by atoms with Gasteiger partial charge in [-0.1, -0.05) is 53.9 Å². The summed E-state index contributed by atoms with van der Waals surface area (Å²) in [4.78, 5) is 67.4. The van der Waals surface area contributed by atoms with Crippen LogP contribution in [0.15, 0.2) is 0 Å². The number of hydrogen-bond donors (Lipinski definition) is 4. The number of hydrogen-bond acceptors (Lipinski definition) is 7. The van der Waals surface area contributed by atoms with Crippen LogP contribution in [-0.2, 0) is 29.0 Å². The molecule has 4 fully saturated rings. The topological polar surface area (TPSA) is 185 Å². The number of carbonyl (C=O) groups excluding carboxylic acids is 5. The molecule has 0 aromatic heterocycles. The van der Waals surface area contributed by atoms with Crippen LogP contribution in [0, 0.1) is 17.3 Å². The predicted molar refractivity (Wildman–Crippen MR) is 164 cm³/mol. The first-order valence-corrected chi connectivity index (χ1v) is 17.5. The zero-order valence-corrected chi connectivity index (χ0v) is 27.9. The van der Waals surface area contributed by atoms with Crippen LogP contribution in [0.2, 0.25) is 0 Å². The molecule has 14 heteroatoms. The SMILES string of the molecule is CC(C)C(NC(=O)NC(C(=O)N1CC2C(C1C(=O)NC(CC1CCC1)C(=O)C(N)=O)[N+]2(C)C)C(C)(C)C)C1CCCS1(=O)=O. The molecule has 3 aliphatic heterocycles. The van der Waals surface area contributed by atoms with Gasteiger partial charge in [0.2, 0.25) is 17.6 Å². The minimum absolute atomic E-state index is 0.000960. The number of piperazine rings is 1. The molecule has 5 amide bonds. The molecule has 3 saturated heterocycles. The van der Waals surface area contributed by atoms with E-state index in [1.165, 1.54) is 4.90 Å². The average molecular weight is 640 g/mol. The van der Waals surface area contributed by atoms with Crippen molar-refractivity contribution in [2.75, 3.05) is 26.4 Å². The van der Waals surface area contributed by atoms with E-state index in [-0.39, 0.29) is 36.2 Å². The number of carbonyl (C=O) groups is 5. The molecule has 1 saturated carbocycles. The molecule has 0 radical (unpaired) electrons. The standard InChI is InChI=1S/C30H50N6O7S/c1-16(2)21(20-12-9-13-44(20,42)43)33-29(41)34-25(30(3,4)5)28(40)35-15-19-23(36(19,6)7)22(35)27(39)32-18(24(37)26(31)38)14-17-10-8-11-17/h16-23,25H,8-15H2,1-7H3,(H4-,31,32,33,34,38,39,41)/p+1. The Labute approximate surface area is 260 Å². The molecule has 0 aromatic rings. The van der Waals surface area contributed by atoms with E-state index in [1.54, 1.807) is 0 Å². The molecule has 248 valence electrons. The van der Waals surface area contributed by atoms with Crippen LogP contribution in [0.5, 0.6) is 0 Å². The molecule has 5 N–H and O–H groups in total. The van der Waals surface area contributed by atoms with Gasteiger partial charge in [-0.3, -0.25) is 19.2 Å². The lowest BCUT2D eigenvalue weighted by atomic mass is 9.80. The van der Waals surface area contributed by atoms with Gasteiger partial charge in [0.25, 0.3) is 5.91 Å². The molecule has 44 heavy (non-hydrogen) atoms. The zero-order valence-electron chi connectivity index (χ0n) is 27.1. The normalized spacial score (nSPS) is 29.1. The highest BCUT2D eigenvalue weighted by molar-refractivity contribution is 7.92. The van der Waals surface area contributed by atoms with Crippen molar-refractivity contribution in [2.24, 2.45) is 23.0 Å². The molecule has 4 rings (SSSR count). The molecule has 13 nitrogen and oxygen atoms in total. The summed E-state index contributed by atoms with van der Waals surface area (Å²) in [7, 11) is 0.623. The van der Waals surface area contributed by atoms with Gasteiger partial charge >= 0.3 is 6.03 Å². The highest BCUT2D eigenvalue weighted by atomic mass is 32.2. The third kappa shape index (κ3) is 6.75. The lowest BCUT2D eigenvalue weighted by Gasteiger charge is -2.38. The van der Waals surface area contributed by atoms with Crippen molar-refractivity contribution in [1.82, 2.24) is 20.9 Å². The first-order valence-electron chi connectivity index (χ1n) is 15.8. The number of urea groups is 1. The molecule has 7 atom stereocenters. The van der Waals surface area contributed by atoms with Crippen molar-refractivity contribution in [3.8, 4) is 0 Å². The van der Waals surface area contributed by atoms with Gasteiger partial charge in [0, 0.05) is 6.04 Å². The Morgan fingerprint density at radius 1 is 0.977 bits per heavy atom. The third-order valence-corrected chi connectivity index (χ3v) is 12.7. The summed E-state index contributed by atoms with van der Waals surface area (Å²) in [6, 6.07) is -4.47. The smallest absolute Gasteiger partial charge is 0.315 e. The Morgan fingerprint density at radius 2 is 1.61 bits per heavy atom. The van der Waals surface area contributed by atoms with Crippen LogP contribution in [0.1, 0.15) is 73.1 Å². The number of likely N-dealkylation sites (tertiary alicyclic amines) is 1. The molecule has 0 spiro atoms. The van der Waals surface area contributed by atoms with Crippen LogP contribution in [0.4, 0.5) is 4.79 Å². The van der Waals surface area contributed by atoms with Gasteiger partial charge in [0.1, 0.15) is 6.04 Å². The van der Waals surface area contributed by atoms with E-state index in [1.807, 2.05) is 48.7 Å². The molecule has 1 aliphatic carbocycles. The Morgan fingerprint density at radius 3 is 2.09 bits per heavy atom. The maximum absolute atomic E-state index is 14.2. The Hall–Kier alpha value is -2.74. The summed E-state index contributed by atoms with van der Waals surface area (Å²) >= 11 is 0. The van der Waals surface area contributed by atoms with Gasteiger partial charge in [-0.05, 0) is 36.5 Å². The van der Waals surface area contributed by atoms with Gasteiger partial charge in [0.05, 0.1) is 37.7 Å². The van der Waals surface area contributed by atoms with E-state index < -0.39 is 74.2 Å². The van der Waals surface area contributed by atoms with Crippen molar-refractivity contribution in [3.63, 3.8) is 0 Å². The van der Waals surface area contributed by atoms with Crippen LogP contribution in [0.25, 0.3) is 0 Å². The van der Waals surface area contributed by atoms with Gasteiger partial charge in [-0.2, -0.15) is 0 Å². The van der Waals surface area contributed by atoms with Crippen LogP contribution < -0.4 is 21.7 Å². The quantitative estimate of drug-likeness (QED) is 0.140. The molecule has 4 aliphatic rings. The fourth-order valence-electron chi connectivity index (χ4n) is 7.37. The van der Waals surface area contributed by atoms with E-state index >= 15 is 0 Å². The summed E-state index contributed by atoms with van der Waals surface area (Å²) < 4.78 is 25.8. The number of quaternary nitrogens is 1. The predicted octanol–water partition coefficient (Wildman–Crippen LogP) is 0.0695. The summed E-state index contributed by atoms with van der Waals surface area (Å²) in [5, 5.41) is 7.73. The monoisotopic (exact) mass is 639 g/mol. The van der Waals surface area contributed by atoms with Crippen LogP contribution in [0.3, 0.4) is 0 Å². The lowest BCUT2D eigenvalue weighted by molar-refractivity contribution is -0.788. The second-order valence-electron chi connectivity index (χ2n) is 15.2. The number of nitrogens with zero attached hydrogens (tertiary/aromatic N) is 2. The first-order chi connectivity index (χ1) is 20.3. The van der Waals surface area contributed by atoms with Crippen molar-refractivity contribution in [1.29, 1.82) is 0 Å². The van der Waals surface area contributed by atoms with E-state index in [0.29, 0.717) is 23.7 Å². The van der Waals surface area contributed by atoms with Crippen LogP contribution >= 0.6 is 0 Å². The fraction of sp³-hybridized carbons (Fsp3) is 0.833. The van der Waals surface area contributed by atoms with Gasteiger partial charge in [-0.25, -0.2) is 13.2 Å².